The molecule has 0 N–H and O–H groups in total. The SMILES string of the molecule is O=[N+]([O-])c1cc(F)cc(OCc2ccco2)c1. The average molecular weight is 237 g/mol. The molecule has 88 valence electrons. The number of hydrogen-bond acceptors (Lipinski definition) is 4. The van der Waals surface area contributed by atoms with Crippen molar-refractivity contribution in [3.8, 4) is 5.75 Å². The van der Waals surface area contributed by atoms with Gasteiger partial charge >= 0.3 is 0 Å². The number of benzene rings is 1. The number of ether oxygens (including phenoxy) is 1. The first-order valence-corrected chi connectivity index (χ1v) is 4.75. The predicted molar refractivity (Wildman–Crippen MR) is 56.1 cm³/mol. The van der Waals surface area contributed by atoms with E-state index in [1.54, 1.807) is 12.1 Å². The van der Waals surface area contributed by atoms with Gasteiger partial charge in [0.2, 0.25) is 0 Å². The molecule has 1 aromatic heterocycles. The highest BCUT2D eigenvalue weighted by Crippen LogP contribution is 2.22. The monoisotopic (exact) mass is 237 g/mol. The van der Waals surface area contributed by atoms with E-state index in [1.807, 2.05) is 0 Å². The molecule has 17 heavy (non-hydrogen) atoms. The molecular weight excluding hydrogens is 229 g/mol. The summed E-state index contributed by atoms with van der Waals surface area (Å²) in [5, 5.41) is 10.5. The van der Waals surface area contributed by atoms with Gasteiger partial charge in [0.15, 0.2) is 0 Å². The molecule has 0 unspecified atom stereocenters. The summed E-state index contributed by atoms with van der Waals surface area (Å²) >= 11 is 0. The number of rotatable bonds is 4. The van der Waals surface area contributed by atoms with E-state index in [-0.39, 0.29) is 18.0 Å². The van der Waals surface area contributed by atoms with Crippen LogP contribution in [0.3, 0.4) is 0 Å². The van der Waals surface area contributed by atoms with Crippen LogP contribution in [0.2, 0.25) is 0 Å². The number of nitro benzene ring substituents is 1. The molecule has 0 aliphatic rings. The van der Waals surface area contributed by atoms with Crippen LogP contribution in [0.5, 0.6) is 5.75 Å². The van der Waals surface area contributed by atoms with Gasteiger partial charge in [-0.25, -0.2) is 4.39 Å². The molecule has 0 saturated carbocycles. The van der Waals surface area contributed by atoms with Crippen LogP contribution < -0.4 is 4.74 Å². The summed E-state index contributed by atoms with van der Waals surface area (Å²) in [6, 6.07) is 6.45. The summed E-state index contributed by atoms with van der Waals surface area (Å²) in [5.74, 6) is -0.0707. The fourth-order valence-electron chi connectivity index (χ4n) is 1.29. The van der Waals surface area contributed by atoms with Crippen molar-refractivity contribution in [2.75, 3.05) is 0 Å². The Morgan fingerprint density at radius 3 is 2.88 bits per heavy atom. The Kier molecular flexibility index (Phi) is 3.04. The Morgan fingerprint density at radius 2 is 2.24 bits per heavy atom. The smallest absolute Gasteiger partial charge is 0.276 e. The fourth-order valence-corrected chi connectivity index (χ4v) is 1.29. The summed E-state index contributed by atoms with van der Waals surface area (Å²) in [7, 11) is 0. The van der Waals surface area contributed by atoms with Gasteiger partial charge < -0.3 is 9.15 Å². The first-order chi connectivity index (χ1) is 8.15. The molecule has 0 aliphatic carbocycles. The first-order valence-electron chi connectivity index (χ1n) is 4.75. The minimum absolute atomic E-state index is 0.0908. The standard InChI is InChI=1S/C11H8FNO4/c12-8-4-9(13(14)15)6-11(5-8)17-7-10-2-1-3-16-10/h1-6H,7H2. The second kappa shape index (κ2) is 4.65. The molecule has 5 nitrogen and oxygen atoms in total. The molecule has 0 radical (unpaired) electrons. The largest absolute Gasteiger partial charge is 0.485 e. The van der Waals surface area contributed by atoms with Gasteiger partial charge in [0.1, 0.15) is 23.9 Å². The highest BCUT2D eigenvalue weighted by Gasteiger charge is 2.10. The molecule has 0 atom stereocenters. The molecule has 2 aromatic rings. The van der Waals surface area contributed by atoms with Gasteiger partial charge in [0.05, 0.1) is 23.3 Å². The van der Waals surface area contributed by atoms with Gasteiger partial charge in [-0.3, -0.25) is 10.1 Å². The fraction of sp³-hybridized carbons (Fsp3) is 0.0909. The second-order valence-electron chi connectivity index (χ2n) is 3.27. The summed E-state index contributed by atoms with van der Waals surface area (Å²) in [6.07, 6.45) is 1.48. The summed E-state index contributed by atoms with van der Waals surface area (Å²) in [6.45, 7) is 0.0909. The molecule has 0 saturated heterocycles. The lowest BCUT2D eigenvalue weighted by atomic mass is 10.3. The van der Waals surface area contributed by atoms with Crippen molar-refractivity contribution in [3.05, 3.63) is 58.3 Å². The maximum Gasteiger partial charge on any atom is 0.276 e. The molecule has 0 amide bonds. The maximum atomic E-state index is 13.0. The minimum Gasteiger partial charge on any atom is -0.485 e. The molecule has 0 aliphatic heterocycles. The Bertz CT molecular complexity index is 524. The molecule has 6 heteroatoms. The van der Waals surface area contributed by atoms with E-state index in [1.165, 1.54) is 6.26 Å². The minimum atomic E-state index is -0.714. The third kappa shape index (κ3) is 2.81. The van der Waals surface area contributed by atoms with Crippen LogP contribution in [0, 0.1) is 15.9 Å². The maximum absolute atomic E-state index is 13.0. The van der Waals surface area contributed by atoms with Gasteiger partial charge in [0.25, 0.3) is 5.69 Å². The quantitative estimate of drug-likeness (QED) is 0.605. The zero-order valence-electron chi connectivity index (χ0n) is 8.63. The van der Waals surface area contributed by atoms with Crippen LogP contribution >= 0.6 is 0 Å². The molecule has 1 heterocycles. The molecule has 0 bridgehead atoms. The average Bonchev–Trinajstić information content (AvgIpc) is 2.78. The van der Waals surface area contributed by atoms with E-state index in [0.29, 0.717) is 5.76 Å². The van der Waals surface area contributed by atoms with Crippen LogP contribution in [-0.2, 0) is 6.61 Å². The molecule has 2 rings (SSSR count). The Balaban J connectivity index is 2.13. The first kappa shape index (κ1) is 11.1. The number of furan rings is 1. The lowest BCUT2D eigenvalue weighted by molar-refractivity contribution is -0.385. The van der Waals surface area contributed by atoms with Crippen LogP contribution in [0.4, 0.5) is 10.1 Å². The molecule has 1 aromatic carbocycles. The summed E-state index contributed by atoms with van der Waals surface area (Å²) in [4.78, 5) is 9.83. The Morgan fingerprint density at radius 1 is 1.41 bits per heavy atom. The topological polar surface area (TPSA) is 65.5 Å². The van der Waals surface area contributed by atoms with Crippen molar-refractivity contribution in [2.45, 2.75) is 6.61 Å². The van der Waals surface area contributed by atoms with E-state index < -0.39 is 10.7 Å². The Labute approximate surface area is 95.6 Å². The summed E-state index contributed by atoms with van der Waals surface area (Å²) < 4.78 is 23.2. The van der Waals surface area contributed by atoms with Crippen molar-refractivity contribution in [1.82, 2.24) is 0 Å². The van der Waals surface area contributed by atoms with Crippen LogP contribution in [0.1, 0.15) is 5.76 Å². The lowest BCUT2D eigenvalue weighted by Gasteiger charge is -2.04. The van der Waals surface area contributed by atoms with E-state index in [2.05, 4.69) is 0 Å². The zero-order valence-corrected chi connectivity index (χ0v) is 8.63. The predicted octanol–water partition coefficient (Wildman–Crippen LogP) is 2.91. The highest BCUT2D eigenvalue weighted by molar-refractivity contribution is 5.38. The van der Waals surface area contributed by atoms with E-state index in [0.717, 1.165) is 18.2 Å². The molecule has 0 spiro atoms. The number of non-ortho nitro benzene ring substituents is 1. The van der Waals surface area contributed by atoms with Crippen molar-refractivity contribution < 1.29 is 18.5 Å². The number of nitrogens with zero attached hydrogens (tertiary/aromatic N) is 1. The van der Waals surface area contributed by atoms with Gasteiger partial charge in [0, 0.05) is 6.07 Å². The third-order valence-corrected chi connectivity index (χ3v) is 2.03. The third-order valence-electron chi connectivity index (χ3n) is 2.03. The number of halogens is 1. The van der Waals surface area contributed by atoms with Crippen molar-refractivity contribution in [1.29, 1.82) is 0 Å². The van der Waals surface area contributed by atoms with E-state index in [4.69, 9.17) is 9.15 Å². The normalized spacial score (nSPS) is 10.2. The zero-order chi connectivity index (χ0) is 12.3. The van der Waals surface area contributed by atoms with Crippen molar-refractivity contribution in [3.63, 3.8) is 0 Å². The van der Waals surface area contributed by atoms with Gasteiger partial charge in [-0.15, -0.1) is 0 Å². The van der Waals surface area contributed by atoms with Gasteiger partial charge in [-0.05, 0) is 12.1 Å². The Hall–Kier alpha value is -2.37. The molecule has 0 fully saturated rings. The second-order valence-corrected chi connectivity index (χ2v) is 3.27. The van der Waals surface area contributed by atoms with Gasteiger partial charge in [-0.1, -0.05) is 0 Å². The van der Waals surface area contributed by atoms with Crippen LogP contribution in [0.25, 0.3) is 0 Å². The van der Waals surface area contributed by atoms with Crippen LogP contribution in [0.15, 0.2) is 41.0 Å². The van der Waals surface area contributed by atoms with Gasteiger partial charge in [-0.2, -0.15) is 0 Å². The lowest BCUT2D eigenvalue weighted by Crippen LogP contribution is -1.96. The molecular formula is C11H8FNO4. The van der Waals surface area contributed by atoms with Crippen LogP contribution in [-0.4, -0.2) is 4.92 Å². The van der Waals surface area contributed by atoms with Crippen molar-refractivity contribution >= 4 is 5.69 Å². The number of hydrogen-bond donors (Lipinski definition) is 0. The van der Waals surface area contributed by atoms with E-state index >= 15 is 0 Å². The van der Waals surface area contributed by atoms with E-state index in [9.17, 15) is 14.5 Å². The number of nitro groups is 1. The van der Waals surface area contributed by atoms with Crippen molar-refractivity contribution in [2.24, 2.45) is 0 Å². The highest BCUT2D eigenvalue weighted by atomic mass is 19.1. The summed E-state index contributed by atoms with van der Waals surface area (Å²) in [5.41, 5.74) is -0.348.